The van der Waals surface area contributed by atoms with Crippen molar-refractivity contribution in [3.8, 4) is 0 Å². The zero-order valence-electron chi connectivity index (χ0n) is 13.7. The van der Waals surface area contributed by atoms with E-state index in [0.29, 0.717) is 16.2 Å². The molecule has 4 aliphatic carbocycles. The minimum Gasteiger partial charge on any atom is -0.313 e. The molecule has 4 saturated carbocycles. The van der Waals surface area contributed by atoms with Gasteiger partial charge >= 0.3 is 0 Å². The molecule has 4 rings (SSSR count). The molecule has 1 nitrogen and oxygen atoms in total. The molecule has 0 heterocycles. The van der Waals surface area contributed by atoms with Crippen LogP contribution in [0.2, 0.25) is 0 Å². The first-order chi connectivity index (χ1) is 8.80. The molecule has 4 fully saturated rings. The topological polar surface area (TPSA) is 12.0 Å². The number of hydrogen-bond acceptors (Lipinski definition) is 1. The van der Waals surface area contributed by atoms with Crippen molar-refractivity contribution in [2.24, 2.45) is 28.1 Å². The van der Waals surface area contributed by atoms with Gasteiger partial charge < -0.3 is 5.32 Å². The van der Waals surface area contributed by atoms with E-state index in [1.165, 1.54) is 38.5 Å². The number of hydrogen-bond donors (Lipinski definition) is 1. The van der Waals surface area contributed by atoms with Crippen LogP contribution >= 0.6 is 0 Å². The second kappa shape index (κ2) is 4.23. The zero-order chi connectivity index (χ0) is 13.9. The summed E-state index contributed by atoms with van der Waals surface area (Å²) < 4.78 is 0. The van der Waals surface area contributed by atoms with Crippen LogP contribution in [0.25, 0.3) is 0 Å². The molecule has 1 heteroatoms. The Morgan fingerprint density at radius 3 is 2.00 bits per heavy atom. The highest BCUT2D eigenvalue weighted by atomic mass is 14.9. The lowest BCUT2D eigenvalue weighted by molar-refractivity contribution is -0.162. The lowest BCUT2D eigenvalue weighted by Gasteiger charge is -2.67. The van der Waals surface area contributed by atoms with Crippen LogP contribution in [0.5, 0.6) is 0 Å². The van der Waals surface area contributed by atoms with Crippen LogP contribution in [0.15, 0.2) is 0 Å². The summed E-state index contributed by atoms with van der Waals surface area (Å²) in [4.78, 5) is 0. The quantitative estimate of drug-likeness (QED) is 0.780. The van der Waals surface area contributed by atoms with E-state index in [-0.39, 0.29) is 0 Å². The van der Waals surface area contributed by atoms with Crippen molar-refractivity contribution in [3.05, 3.63) is 0 Å². The van der Waals surface area contributed by atoms with Gasteiger partial charge in [-0.2, -0.15) is 0 Å². The molecule has 0 saturated heterocycles. The fourth-order valence-corrected chi connectivity index (χ4v) is 7.26. The molecule has 0 aromatic heterocycles. The minimum absolute atomic E-state index is 0.604. The summed E-state index contributed by atoms with van der Waals surface area (Å²) in [5.74, 6) is 1.79. The second-order valence-corrected chi connectivity index (χ2v) is 9.27. The van der Waals surface area contributed by atoms with Gasteiger partial charge in [0, 0.05) is 6.04 Å². The van der Waals surface area contributed by atoms with Crippen molar-refractivity contribution in [1.29, 1.82) is 0 Å². The predicted molar refractivity (Wildman–Crippen MR) is 82.1 cm³/mol. The Kier molecular flexibility index (Phi) is 3.10. The summed E-state index contributed by atoms with van der Waals surface area (Å²) in [5.41, 5.74) is 1.90. The van der Waals surface area contributed by atoms with E-state index in [2.05, 4.69) is 39.9 Å². The van der Waals surface area contributed by atoms with Gasteiger partial charge in [-0.3, -0.25) is 0 Å². The van der Waals surface area contributed by atoms with Crippen LogP contribution < -0.4 is 5.32 Å². The van der Waals surface area contributed by atoms with Gasteiger partial charge in [-0.05, 0) is 73.2 Å². The maximum absolute atomic E-state index is 3.87. The fraction of sp³-hybridized carbons (Fsp3) is 1.00. The predicted octanol–water partition coefficient (Wildman–Crippen LogP) is 4.62. The van der Waals surface area contributed by atoms with Gasteiger partial charge in [0.25, 0.3) is 0 Å². The summed E-state index contributed by atoms with van der Waals surface area (Å²) in [6.07, 6.45) is 9.01. The summed E-state index contributed by atoms with van der Waals surface area (Å²) in [6.45, 7) is 13.4. The maximum Gasteiger partial charge on any atom is 0.0147 e. The average molecular weight is 263 g/mol. The van der Waals surface area contributed by atoms with Crippen molar-refractivity contribution in [2.75, 3.05) is 6.54 Å². The van der Waals surface area contributed by atoms with E-state index >= 15 is 0 Å². The van der Waals surface area contributed by atoms with E-state index in [1.807, 2.05) is 0 Å². The van der Waals surface area contributed by atoms with Crippen LogP contribution in [0.1, 0.15) is 73.1 Å². The molecule has 4 bridgehead atoms. The molecule has 1 N–H and O–H groups in total. The Bertz CT molecular complexity index is 341. The summed E-state index contributed by atoms with van der Waals surface area (Å²) in [5, 5.41) is 3.87. The zero-order valence-corrected chi connectivity index (χ0v) is 13.7. The third kappa shape index (κ3) is 2.17. The van der Waals surface area contributed by atoms with Crippen molar-refractivity contribution >= 4 is 0 Å². The molecule has 3 unspecified atom stereocenters. The van der Waals surface area contributed by atoms with E-state index in [1.54, 1.807) is 0 Å². The SMILES string of the molecule is CCNC(C(C)C)C12CC3CC(C)(CC(C)(C3)C1)C2. The first-order valence-electron chi connectivity index (χ1n) is 8.53. The Morgan fingerprint density at radius 2 is 1.58 bits per heavy atom. The van der Waals surface area contributed by atoms with E-state index < -0.39 is 0 Å². The Labute approximate surface area is 119 Å². The van der Waals surface area contributed by atoms with Gasteiger partial charge in [0.05, 0.1) is 0 Å². The highest BCUT2D eigenvalue weighted by Crippen LogP contribution is 2.70. The first kappa shape index (κ1) is 13.9. The van der Waals surface area contributed by atoms with Gasteiger partial charge in [-0.25, -0.2) is 0 Å². The number of nitrogens with one attached hydrogen (secondary N) is 1. The Hall–Kier alpha value is -0.0400. The molecule has 0 aromatic carbocycles. The molecule has 0 aliphatic heterocycles. The highest BCUT2D eigenvalue weighted by Gasteiger charge is 2.62. The first-order valence-corrected chi connectivity index (χ1v) is 8.53. The fourth-order valence-electron chi connectivity index (χ4n) is 7.26. The molecule has 19 heavy (non-hydrogen) atoms. The molecular formula is C18H33N. The van der Waals surface area contributed by atoms with Gasteiger partial charge in [0.1, 0.15) is 0 Å². The van der Waals surface area contributed by atoms with Crippen LogP contribution in [0.4, 0.5) is 0 Å². The molecular weight excluding hydrogens is 230 g/mol. The Balaban J connectivity index is 1.95. The van der Waals surface area contributed by atoms with Gasteiger partial charge in [0.15, 0.2) is 0 Å². The molecule has 110 valence electrons. The standard InChI is InChI=1S/C18H33N/c1-6-19-15(13(2)3)18-9-14-7-16(4,11-18)10-17(5,8-14)12-18/h13-15,19H,6-12H2,1-5H3. The average Bonchev–Trinajstić information content (AvgIpc) is 2.19. The van der Waals surface area contributed by atoms with E-state index in [9.17, 15) is 0 Å². The van der Waals surface area contributed by atoms with Crippen LogP contribution in [0.3, 0.4) is 0 Å². The smallest absolute Gasteiger partial charge is 0.0147 e. The number of rotatable bonds is 4. The van der Waals surface area contributed by atoms with E-state index in [0.717, 1.165) is 24.4 Å². The van der Waals surface area contributed by atoms with Crippen molar-refractivity contribution in [2.45, 2.75) is 79.2 Å². The lowest BCUT2D eigenvalue weighted by Crippen LogP contribution is -2.62. The van der Waals surface area contributed by atoms with Gasteiger partial charge in [0.2, 0.25) is 0 Å². The van der Waals surface area contributed by atoms with Gasteiger partial charge in [-0.15, -0.1) is 0 Å². The summed E-state index contributed by atoms with van der Waals surface area (Å²) in [6, 6.07) is 0.736. The summed E-state index contributed by atoms with van der Waals surface area (Å²) >= 11 is 0. The monoisotopic (exact) mass is 263 g/mol. The molecule has 0 radical (unpaired) electrons. The van der Waals surface area contributed by atoms with Crippen LogP contribution in [0, 0.1) is 28.1 Å². The minimum atomic E-state index is 0.604. The van der Waals surface area contributed by atoms with Crippen molar-refractivity contribution in [1.82, 2.24) is 5.32 Å². The normalized spacial score (nSPS) is 49.9. The second-order valence-electron chi connectivity index (χ2n) is 9.27. The van der Waals surface area contributed by atoms with Crippen LogP contribution in [-0.4, -0.2) is 12.6 Å². The van der Waals surface area contributed by atoms with Crippen LogP contribution in [-0.2, 0) is 0 Å². The molecule has 0 amide bonds. The van der Waals surface area contributed by atoms with Crippen molar-refractivity contribution in [3.63, 3.8) is 0 Å². The third-order valence-corrected chi connectivity index (χ3v) is 6.42. The highest BCUT2D eigenvalue weighted by molar-refractivity contribution is 5.13. The molecule has 0 spiro atoms. The lowest BCUT2D eigenvalue weighted by atomic mass is 9.38. The Morgan fingerprint density at radius 1 is 1.00 bits per heavy atom. The summed E-state index contributed by atoms with van der Waals surface area (Å²) in [7, 11) is 0. The third-order valence-electron chi connectivity index (χ3n) is 6.42. The maximum atomic E-state index is 3.87. The largest absolute Gasteiger partial charge is 0.313 e. The van der Waals surface area contributed by atoms with E-state index in [4.69, 9.17) is 0 Å². The van der Waals surface area contributed by atoms with Crippen molar-refractivity contribution < 1.29 is 0 Å². The molecule has 0 aromatic rings. The van der Waals surface area contributed by atoms with Gasteiger partial charge in [-0.1, -0.05) is 34.6 Å². The molecule has 4 aliphatic rings. The molecule has 3 atom stereocenters.